The zero-order chi connectivity index (χ0) is 36.3. The lowest BCUT2D eigenvalue weighted by Gasteiger charge is -2.15. The van der Waals surface area contributed by atoms with Crippen molar-refractivity contribution in [3.8, 4) is 11.5 Å². The van der Waals surface area contributed by atoms with E-state index in [2.05, 4.69) is 16.0 Å². The average molecular weight is 728 g/mol. The molecule has 4 aromatic rings. The molecular weight excluding hydrogens is 687 g/mol. The number of ether oxygens (including phenoxy) is 3. The van der Waals surface area contributed by atoms with Crippen LogP contribution in [-0.2, 0) is 27.2 Å². The van der Waals surface area contributed by atoms with E-state index in [4.69, 9.17) is 14.2 Å². The summed E-state index contributed by atoms with van der Waals surface area (Å²) in [6.45, 7) is 1.79. The van der Waals surface area contributed by atoms with Crippen molar-refractivity contribution in [2.75, 3.05) is 32.0 Å². The van der Waals surface area contributed by atoms with Gasteiger partial charge in [0.2, 0.25) is 5.91 Å². The van der Waals surface area contributed by atoms with Gasteiger partial charge < -0.3 is 30.2 Å². The van der Waals surface area contributed by atoms with Gasteiger partial charge in [0, 0.05) is 32.7 Å². The molecular formula is C39H41N3O7S2. The summed E-state index contributed by atoms with van der Waals surface area (Å²) in [4.78, 5) is 55.0. The first-order chi connectivity index (χ1) is 24.7. The summed E-state index contributed by atoms with van der Waals surface area (Å²) >= 11 is 2.77. The molecule has 0 aliphatic heterocycles. The first-order valence-electron chi connectivity index (χ1n) is 16.6. The van der Waals surface area contributed by atoms with Gasteiger partial charge in [0.1, 0.15) is 22.2 Å². The number of thioether (sulfide) groups is 1. The lowest BCUT2D eigenvalue weighted by molar-refractivity contribution is -0.115. The van der Waals surface area contributed by atoms with Crippen LogP contribution < -0.4 is 25.4 Å². The molecule has 12 heteroatoms. The van der Waals surface area contributed by atoms with Gasteiger partial charge in [-0.25, -0.2) is 4.79 Å². The van der Waals surface area contributed by atoms with Crippen LogP contribution in [0.2, 0.25) is 0 Å². The smallest absolute Gasteiger partial charge is 0.341 e. The van der Waals surface area contributed by atoms with E-state index in [-0.39, 0.29) is 11.6 Å². The van der Waals surface area contributed by atoms with Crippen LogP contribution in [0, 0.1) is 0 Å². The molecule has 1 unspecified atom stereocenters. The molecule has 5 rings (SSSR count). The molecule has 266 valence electrons. The fourth-order valence-electron chi connectivity index (χ4n) is 5.68. The van der Waals surface area contributed by atoms with Crippen LogP contribution in [-0.4, -0.2) is 50.3 Å². The zero-order valence-electron chi connectivity index (χ0n) is 29.0. The number of rotatable bonds is 12. The van der Waals surface area contributed by atoms with E-state index < -0.39 is 23.0 Å². The Balaban J connectivity index is 1.33. The van der Waals surface area contributed by atoms with Crippen molar-refractivity contribution in [2.45, 2.75) is 55.6 Å². The Morgan fingerprint density at radius 2 is 1.61 bits per heavy atom. The Labute approximate surface area is 306 Å². The van der Waals surface area contributed by atoms with E-state index in [1.54, 1.807) is 80.8 Å². The average Bonchev–Trinajstić information content (AvgIpc) is 3.46. The monoisotopic (exact) mass is 727 g/mol. The molecule has 1 heterocycles. The topological polar surface area (TPSA) is 132 Å². The summed E-state index contributed by atoms with van der Waals surface area (Å²) in [7, 11) is 4.41. The number of thiophene rings is 1. The second-order valence-corrected chi connectivity index (χ2v) is 14.4. The third-order valence-corrected chi connectivity index (χ3v) is 10.6. The van der Waals surface area contributed by atoms with Gasteiger partial charge in [0.05, 0.1) is 32.1 Å². The summed E-state index contributed by atoms with van der Waals surface area (Å²) < 4.78 is 15.9. The van der Waals surface area contributed by atoms with Gasteiger partial charge in [-0.05, 0) is 86.7 Å². The number of esters is 1. The van der Waals surface area contributed by atoms with Crippen molar-refractivity contribution in [1.29, 1.82) is 0 Å². The quantitative estimate of drug-likeness (QED) is 0.0768. The number of fused-ring (bicyclic) bond motifs is 1. The Morgan fingerprint density at radius 3 is 2.33 bits per heavy atom. The molecule has 1 aromatic heterocycles. The number of carbonyl (C=O) groups is 4. The Morgan fingerprint density at radius 1 is 0.843 bits per heavy atom. The summed E-state index contributed by atoms with van der Waals surface area (Å²) in [6, 6.07) is 20.8. The predicted octanol–water partition coefficient (Wildman–Crippen LogP) is 7.74. The molecule has 3 amide bonds. The van der Waals surface area contributed by atoms with Crippen LogP contribution in [0.5, 0.6) is 11.5 Å². The standard InChI is InChI=1S/C39H41N3O7S2/c1-24(35(43)42-38-34(39(46)49-4)30-17-10-5-6-11-18-33(30)51-38)50-29-16-12-15-27(22-29)40-37(45)31(41-36(44)25-13-8-7-9-14-25)21-26-19-20-28(47-2)23-32(26)48-3/h7-9,12-16,19-24H,5-6,10-11,17-18H2,1-4H3,(H,40,45)(H,41,44)(H,42,43)/b31-21+. The van der Waals surface area contributed by atoms with Gasteiger partial charge >= 0.3 is 5.97 Å². The fraction of sp³-hybridized carbons (Fsp3) is 0.282. The number of hydrogen-bond acceptors (Lipinski definition) is 9. The molecule has 0 bridgehead atoms. The fourth-order valence-corrected chi connectivity index (χ4v) is 7.88. The molecule has 0 fully saturated rings. The van der Waals surface area contributed by atoms with E-state index in [0.717, 1.165) is 53.9 Å². The molecule has 3 N–H and O–H groups in total. The molecule has 0 saturated carbocycles. The third-order valence-electron chi connectivity index (χ3n) is 8.34. The summed E-state index contributed by atoms with van der Waals surface area (Å²) in [6.07, 6.45) is 7.51. The van der Waals surface area contributed by atoms with Gasteiger partial charge in [-0.15, -0.1) is 23.1 Å². The maximum absolute atomic E-state index is 13.7. The van der Waals surface area contributed by atoms with Crippen molar-refractivity contribution in [3.05, 3.63) is 106 Å². The number of benzene rings is 3. The number of amides is 3. The minimum absolute atomic E-state index is 0.00965. The summed E-state index contributed by atoms with van der Waals surface area (Å²) in [5, 5.41) is 8.61. The van der Waals surface area contributed by atoms with Crippen LogP contribution in [0.15, 0.2) is 83.4 Å². The van der Waals surface area contributed by atoms with Crippen LogP contribution in [0.4, 0.5) is 10.7 Å². The molecule has 1 atom stereocenters. The predicted molar refractivity (Wildman–Crippen MR) is 202 cm³/mol. The van der Waals surface area contributed by atoms with E-state index in [1.807, 2.05) is 6.07 Å². The van der Waals surface area contributed by atoms with Crippen LogP contribution in [0.3, 0.4) is 0 Å². The maximum Gasteiger partial charge on any atom is 0.341 e. The summed E-state index contributed by atoms with van der Waals surface area (Å²) in [5.41, 5.74) is 2.84. The maximum atomic E-state index is 13.7. The SMILES string of the molecule is COC(=O)c1c(NC(=O)C(C)Sc2cccc(NC(=O)/C(=C\c3ccc(OC)cc3OC)NC(=O)c3ccccc3)c2)sc2c1CCCCCC2. The minimum Gasteiger partial charge on any atom is -0.497 e. The van der Waals surface area contributed by atoms with E-state index >= 15 is 0 Å². The minimum atomic E-state index is -0.561. The normalized spacial score (nSPS) is 13.5. The van der Waals surface area contributed by atoms with Gasteiger partial charge in [0.15, 0.2) is 0 Å². The highest BCUT2D eigenvalue weighted by Crippen LogP contribution is 2.38. The Hall–Kier alpha value is -5.07. The number of aryl methyl sites for hydroxylation is 1. The number of hydrogen-bond donors (Lipinski definition) is 3. The number of methoxy groups -OCH3 is 3. The third kappa shape index (κ3) is 9.59. The number of carbonyl (C=O) groups excluding carboxylic acids is 4. The molecule has 0 radical (unpaired) electrons. The van der Waals surface area contributed by atoms with Crippen LogP contribution in [0.25, 0.3) is 6.08 Å². The summed E-state index contributed by atoms with van der Waals surface area (Å²) in [5.74, 6) is -0.686. The first-order valence-corrected chi connectivity index (χ1v) is 18.3. The largest absolute Gasteiger partial charge is 0.497 e. The van der Waals surface area contributed by atoms with E-state index in [1.165, 1.54) is 43.4 Å². The highest BCUT2D eigenvalue weighted by molar-refractivity contribution is 8.00. The highest BCUT2D eigenvalue weighted by Gasteiger charge is 2.27. The molecule has 51 heavy (non-hydrogen) atoms. The zero-order valence-corrected chi connectivity index (χ0v) is 30.6. The lowest BCUT2D eigenvalue weighted by atomic mass is 9.96. The molecule has 3 aromatic carbocycles. The highest BCUT2D eigenvalue weighted by atomic mass is 32.2. The van der Waals surface area contributed by atoms with Gasteiger partial charge in [-0.2, -0.15) is 0 Å². The molecule has 1 aliphatic carbocycles. The molecule has 0 saturated heterocycles. The van der Waals surface area contributed by atoms with Gasteiger partial charge in [-0.3, -0.25) is 14.4 Å². The lowest BCUT2D eigenvalue weighted by Crippen LogP contribution is -2.30. The van der Waals surface area contributed by atoms with Crippen molar-refractivity contribution >= 4 is 63.6 Å². The van der Waals surface area contributed by atoms with Crippen LogP contribution in [0.1, 0.15) is 69.3 Å². The molecule has 0 spiro atoms. The van der Waals surface area contributed by atoms with E-state index in [9.17, 15) is 19.2 Å². The van der Waals surface area contributed by atoms with E-state index in [0.29, 0.717) is 38.9 Å². The van der Waals surface area contributed by atoms with Crippen molar-refractivity contribution in [1.82, 2.24) is 5.32 Å². The molecule has 10 nitrogen and oxygen atoms in total. The second kappa shape index (κ2) is 17.7. The van der Waals surface area contributed by atoms with Gasteiger partial charge in [-0.1, -0.05) is 37.1 Å². The van der Waals surface area contributed by atoms with Crippen LogP contribution >= 0.6 is 23.1 Å². The Kier molecular flexibility index (Phi) is 12.9. The van der Waals surface area contributed by atoms with Crippen molar-refractivity contribution < 1.29 is 33.4 Å². The number of anilines is 2. The second-order valence-electron chi connectivity index (χ2n) is 11.8. The number of nitrogens with one attached hydrogen (secondary N) is 3. The van der Waals surface area contributed by atoms with Crippen molar-refractivity contribution in [2.24, 2.45) is 0 Å². The van der Waals surface area contributed by atoms with Crippen molar-refractivity contribution in [3.63, 3.8) is 0 Å². The molecule has 1 aliphatic rings. The Bertz CT molecular complexity index is 1920. The first kappa shape index (κ1) is 37.2. The van der Waals surface area contributed by atoms with Gasteiger partial charge in [0.25, 0.3) is 11.8 Å².